The number of ether oxygens (including phenoxy) is 2. The first-order valence-electron chi connectivity index (χ1n) is 5.95. The molecule has 1 aliphatic rings. The van der Waals surface area contributed by atoms with Gasteiger partial charge >= 0.3 is 5.97 Å². The lowest BCUT2D eigenvalue weighted by atomic mass is 10.3. The predicted molar refractivity (Wildman–Crippen MR) is 63.2 cm³/mol. The maximum absolute atomic E-state index is 10.7. The third-order valence-corrected chi connectivity index (χ3v) is 2.81. The quantitative estimate of drug-likeness (QED) is 0.614. The molecular formula is C11H22N2O4. The van der Waals surface area contributed by atoms with Gasteiger partial charge in [0.1, 0.15) is 0 Å². The van der Waals surface area contributed by atoms with E-state index in [0.717, 1.165) is 39.4 Å². The highest BCUT2D eigenvalue weighted by Gasteiger charge is 2.14. The molecule has 0 bridgehead atoms. The molecule has 1 rings (SSSR count). The Bertz CT molecular complexity index is 220. The molecular weight excluding hydrogens is 224 g/mol. The van der Waals surface area contributed by atoms with Crippen LogP contribution in [0.4, 0.5) is 0 Å². The molecule has 1 aliphatic heterocycles. The Kier molecular flexibility index (Phi) is 7.11. The maximum Gasteiger partial charge on any atom is 0.317 e. The van der Waals surface area contributed by atoms with Crippen LogP contribution in [-0.2, 0) is 14.3 Å². The van der Waals surface area contributed by atoms with Crippen LogP contribution in [0.25, 0.3) is 0 Å². The van der Waals surface area contributed by atoms with E-state index in [2.05, 4.69) is 4.90 Å². The molecule has 0 spiro atoms. The second-order valence-corrected chi connectivity index (χ2v) is 4.12. The van der Waals surface area contributed by atoms with E-state index in [9.17, 15) is 4.79 Å². The van der Waals surface area contributed by atoms with Crippen LogP contribution in [0, 0.1) is 0 Å². The molecule has 0 radical (unpaired) electrons. The largest absolute Gasteiger partial charge is 0.480 e. The van der Waals surface area contributed by atoms with Gasteiger partial charge in [0.2, 0.25) is 0 Å². The molecule has 0 amide bonds. The van der Waals surface area contributed by atoms with E-state index in [0.29, 0.717) is 13.2 Å². The Morgan fingerprint density at radius 2 is 2.12 bits per heavy atom. The lowest BCUT2D eigenvalue weighted by Crippen LogP contribution is -2.43. The van der Waals surface area contributed by atoms with Gasteiger partial charge in [-0.15, -0.1) is 0 Å². The number of nitrogens with zero attached hydrogens (tertiary/aromatic N) is 2. The van der Waals surface area contributed by atoms with Gasteiger partial charge in [-0.05, 0) is 0 Å². The molecule has 0 aromatic heterocycles. The average molecular weight is 246 g/mol. The van der Waals surface area contributed by atoms with Crippen LogP contribution < -0.4 is 0 Å². The highest BCUT2D eigenvalue weighted by Crippen LogP contribution is 1.98. The Morgan fingerprint density at radius 3 is 2.71 bits per heavy atom. The highest BCUT2D eigenvalue weighted by molar-refractivity contribution is 5.69. The molecule has 1 heterocycles. The van der Waals surface area contributed by atoms with E-state index in [1.165, 1.54) is 0 Å². The smallest absolute Gasteiger partial charge is 0.317 e. The van der Waals surface area contributed by atoms with E-state index in [4.69, 9.17) is 14.6 Å². The summed E-state index contributed by atoms with van der Waals surface area (Å²) < 4.78 is 10.2. The first kappa shape index (κ1) is 14.4. The molecule has 6 heteroatoms. The fraction of sp³-hybridized carbons (Fsp3) is 0.909. The van der Waals surface area contributed by atoms with Crippen molar-refractivity contribution in [3.8, 4) is 0 Å². The van der Waals surface area contributed by atoms with Crippen molar-refractivity contribution in [2.75, 3.05) is 66.2 Å². The van der Waals surface area contributed by atoms with Gasteiger partial charge in [0.25, 0.3) is 0 Å². The van der Waals surface area contributed by atoms with Crippen LogP contribution in [0.1, 0.15) is 0 Å². The monoisotopic (exact) mass is 246 g/mol. The summed E-state index contributed by atoms with van der Waals surface area (Å²) in [6, 6.07) is 0. The Hall–Kier alpha value is -0.690. The van der Waals surface area contributed by atoms with Gasteiger partial charge < -0.3 is 14.6 Å². The van der Waals surface area contributed by atoms with Crippen molar-refractivity contribution >= 4 is 5.97 Å². The van der Waals surface area contributed by atoms with Crippen molar-refractivity contribution in [3.63, 3.8) is 0 Å². The highest BCUT2D eigenvalue weighted by atomic mass is 16.5. The zero-order valence-corrected chi connectivity index (χ0v) is 10.4. The van der Waals surface area contributed by atoms with Gasteiger partial charge in [0.15, 0.2) is 0 Å². The SMILES string of the molecule is COCCN(CCN1CCOCC1)CC(=O)O. The van der Waals surface area contributed by atoms with Crippen LogP contribution in [0.3, 0.4) is 0 Å². The molecule has 1 saturated heterocycles. The van der Waals surface area contributed by atoms with Crippen molar-refractivity contribution in [3.05, 3.63) is 0 Å². The van der Waals surface area contributed by atoms with E-state index in [-0.39, 0.29) is 6.54 Å². The van der Waals surface area contributed by atoms with Gasteiger partial charge in [-0.25, -0.2) is 0 Å². The Labute approximate surface area is 102 Å². The number of carboxylic acids is 1. The van der Waals surface area contributed by atoms with E-state index in [1.54, 1.807) is 7.11 Å². The predicted octanol–water partition coefficient (Wildman–Crippen LogP) is -0.648. The molecule has 0 atom stereocenters. The van der Waals surface area contributed by atoms with Crippen molar-refractivity contribution in [2.24, 2.45) is 0 Å². The van der Waals surface area contributed by atoms with Gasteiger partial charge in [-0.1, -0.05) is 0 Å². The van der Waals surface area contributed by atoms with E-state index >= 15 is 0 Å². The van der Waals surface area contributed by atoms with Crippen LogP contribution in [0.5, 0.6) is 0 Å². The summed E-state index contributed by atoms with van der Waals surface area (Å²) in [6.45, 7) is 6.37. The van der Waals surface area contributed by atoms with Crippen molar-refractivity contribution in [1.29, 1.82) is 0 Å². The third-order valence-electron chi connectivity index (χ3n) is 2.81. The fourth-order valence-electron chi connectivity index (χ4n) is 1.79. The molecule has 17 heavy (non-hydrogen) atoms. The zero-order chi connectivity index (χ0) is 12.5. The van der Waals surface area contributed by atoms with Crippen molar-refractivity contribution < 1.29 is 19.4 Å². The van der Waals surface area contributed by atoms with Crippen molar-refractivity contribution in [1.82, 2.24) is 9.80 Å². The van der Waals surface area contributed by atoms with E-state index < -0.39 is 5.97 Å². The minimum absolute atomic E-state index is 0.0771. The minimum atomic E-state index is -0.789. The number of aliphatic carboxylic acids is 1. The maximum atomic E-state index is 10.7. The van der Waals surface area contributed by atoms with E-state index in [1.807, 2.05) is 4.90 Å². The first-order chi connectivity index (χ1) is 8.22. The second kappa shape index (κ2) is 8.41. The number of hydrogen-bond donors (Lipinski definition) is 1. The molecule has 0 unspecified atom stereocenters. The summed E-state index contributed by atoms with van der Waals surface area (Å²) in [5.41, 5.74) is 0. The van der Waals surface area contributed by atoms with Crippen LogP contribution >= 0.6 is 0 Å². The number of carboxylic acid groups (broad SMARTS) is 1. The topological polar surface area (TPSA) is 62.2 Å². The summed E-state index contributed by atoms with van der Waals surface area (Å²) in [6.07, 6.45) is 0. The summed E-state index contributed by atoms with van der Waals surface area (Å²) in [5.74, 6) is -0.789. The van der Waals surface area contributed by atoms with Crippen LogP contribution in [0.2, 0.25) is 0 Å². The standard InChI is InChI=1S/C11H22N2O4/c1-16-7-4-13(10-11(14)15)3-2-12-5-8-17-9-6-12/h2-10H2,1H3,(H,14,15). The lowest BCUT2D eigenvalue weighted by Gasteiger charge is -2.29. The summed E-state index contributed by atoms with van der Waals surface area (Å²) in [7, 11) is 1.63. The fourth-order valence-corrected chi connectivity index (χ4v) is 1.79. The lowest BCUT2D eigenvalue weighted by molar-refractivity contribution is -0.138. The summed E-state index contributed by atoms with van der Waals surface area (Å²) in [5, 5.41) is 8.80. The number of morpholine rings is 1. The molecule has 0 saturated carbocycles. The Balaban J connectivity index is 2.23. The minimum Gasteiger partial charge on any atom is -0.480 e. The normalized spacial score (nSPS) is 17.5. The Morgan fingerprint density at radius 1 is 1.41 bits per heavy atom. The van der Waals surface area contributed by atoms with Crippen LogP contribution in [-0.4, -0.2) is 87.1 Å². The molecule has 6 nitrogen and oxygen atoms in total. The summed E-state index contributed by atoms with van der Waals surface area (Å²) >= 11 is 0. The first-order valence-corrected chi connectivity index (χ1v) is 5.95. The third kappa shape index (κ3) is 6.58. The number of carbonyl (C=O) groups is 1. The number of hydrogen-bond acceptors (Lipinski definition) is 5. The number of methoxy groups -OCH3 is 1. The molecule has 0 aliphatic carbocycles. The molecule has 0 aromatic rings. The average Bonchev–Trinajstić information content (AvgIpc) is 2.33. The van der Waals surface area contributed by atoms with Crippen LogP contribution in [0.15, 0.2) is 0 Å². The molecule has 1 N–H and O–H groups in total. The van der Waals surface area contributed by atoms with Gasteiger partial charge in [-0.3, -0.25) is 14.6 Å². The number of rotatable bonds is 8. The van der Waals surface area contributed by atoms with Gasteiger partial charge in [0.05, 0.1) is 26.4 Å². The van der Waals surface area contributed by atoms with Gasteiger partial charge in [0, 0.05) is 39.8 Å². The summed E-state index contributed by atoms with van der Waals surface area (Å²) in [4.78, 5) is 14.9. The van der Waals surface area contributed by atoms with Gasteiger partial charge in [-0.2, -0.15) is 0 Å². The second-order valence-electron chi connectivity index (χ2n) is 4.12. The molecule has 1 fully saturated rings. The zero-order valence-electron chi connectivity index (χ0n) is 10.4. The van der Waals surface area contributed by atoms with Crippen molar-refractivity contribution in [2.45, 2.75) is 0 Å². The molecule has 0 aromatic carbocycles. The molecule has 100 valence electrons.